The lowest BCUT2D eigenvalue weighted by atomic mass is 10.3. The Morgan fingerprint density at radius 1 is 1.67 bits per heavy atom. The van der Waals surface area contributed by atoms with Crippen molar-refractivity contribution < 1.29 is 4.79 Å². The summed E-state index contributed by atoms with van der Waals surface area (Å²) in [6, 6.07) is 0. The number of nitrogens with two attached hydrogens (primary N) is 1. The van der Waals surface area contributed by atoms with Gasteiger partial charge in [-0.25, -0.2) is 0 Å². The molecule has 0 aliphatic carbocycles. The maximum Gasteiger partial charge on any atom is 0.258 e. The molecule has 0 saturated carbocycles. The van der Waals surface area contributed by atoms with Crippen LogP contribution >= 0.6 is 0 Å². The second kappa shape index (κ2) is 2.84. The van der Waals surface area contributed by atoms with E-state index >= 15 is 0 Å². The number of carbonyl (C=O) groups is 1. The molecule has 1 amide bonds. The van der Waals surface area contributed by atoms with E-state index in [4.69, 9.17) is 5.73 Å². The Hall–Kier alpha value is -1.52. The number of nitrogens with zero attached hydrogens (tertiary/aromatic N) is 3. The predicted molar refractivity (Wildman–Crippen MR) is 45.6 cm³/mol. The monoisotopic (exact) mass is 168 g/mol. The maximum atomic E-state index is 11.4. The van der Waals surface area contributed by atoms with Gasteiger partial charge in [-0.2, -0.15) is 5.10 Å². The van der Waals surface area contributed by atoms with E-state index in [2.05, 4.69) is 5.10 Å². The summed E-state index contributed by atoms with van der Waals surface area (Å²) in [6.07, 6.45) is 1.61. The van der Waals surface area contributed by atoms with Crippen LogP contribution in [-0.4, -0.2) is 34.7 Å². The summed E-state index contributed by atoms with van der Waals surface area (Å²) in [6.45, 7) is 0. The molecule has 5 nitrogen and oxygen atoms in total. The van der Waals surface area contributed by atoms with Gasteiger partial charge in [-0.15, -0.1) is 0 Å². The number of aryl methyl sites for hydroxylation is 1. The van der Waals surface area contributed by atoms with E-state index in [1.165, 1.54) is 9.58 Å². The van der Waals surface area contributed by atoms with Crippen LogP contribution in [0.1, 0.15) is 10.4 Å². The quantitative estimate of drug-likeness (QED) is 0.626. The molecule has 0 spiro atoms. The summed E-state index contributed by atoms with van der Waals surface area (Å²) < 4.78 is 1.52. The molecule has 0 unspecified atom stereocenters. The zero-order chi connectivity index (χ0) is 9.30. The third-order valence-corrected chi connectivity index (χ3v) is 1.49. The number of amides is 1. The van der Waals surface area contributed by atoms with Crippen LogP contribution in [0.3, 0.4) is 0 Å². The Morgan fingerprint density at radius 2 is 2.25 bits per heavy atom. The van der Waals surface area contributed by atoms with Crippen molar-refractivity contribution in [3.8, 4) is 0 Å². The van der Waals surface area contributed by atoms with Gasteiger partial charge >= 0.3 is 0 Å². The van der Waals surface area contributed by atoms with Gasteiger partial charge in [0.2, 0.25) is 0 Å². The molecule has 1 rings (SSSR count). The van der Waals surface area contributed by atoms with E-state index in [0.29, 0.717) is 5.56 Å². The molecule has 0 atom stereocenters. The van der Waals surface area contributed by atoms with Crippen molar-refractivity contribution in [1.82, 2.24) is 14.7 Å². The number of nitrogen functional groups attached to an aromatic ring is 1. The predicted octanol–water partition coefficient (Wildman–Crippen LogP) is -0.296. The number of hydrogen-bond donors (Lipinski definition) is 1. The van der Waals surface area contributed by atoms with Crippen molar-refractivity contribution in [3.63, 3.8) is 0 Å². The molecule has 12 heavy (non-hydrogen) atoms. The van der Waals surface area contributed by atoms with Gasteiger partial charge in [0.1, 0.15) is 5.56 Å². The average Bonchev–Trinajstić information content (AvgIpc) is 2.28. The van der Waals surface area contributed by atoms with Gasteiger partial charge in [0.05, 0.1) is 0 Å². The summed E-state index contributed by atoms with van der Waals surface area (Å²) in [7, 11) is 5.08. The van der Waals surface area contributed by atoms with Crippen molar-refractivity contribution >= 4 is 11.7 Å². The molecule has 0 saturated heterocycles. The largest absolute Gasteiger partial charge is 0.382 e. The van der Waals surface area contributed by atoms with Crippen molar-refractivity contribution in [2.24, 2.45) is 7.05 Å². The zero-order valence-corrected chi connectivity index (χ0v) is 7.40. The Balaban J connectivity index is 3.02. The highest BCUT2D eigenvalue weighted by atomic mass is 16.2. The van der Waals surface area contributed by atoms with Crippen molar-refractivity contribution in [3.05, 3.63) is 11.8 Å². The van der Waals surface area contributed by atoms with Gasteiger partial charge in [-0.1, -0.05) is 0 Å². The van der Waals surface area contributed by atoms with Crippen LogP contribution < -0.4 is 5.73 Å². The smallest absolute Gasteiger partial charge is 0.258 e. The normalized spacial score (nSPS) is 9.92. The van der Waals surface area contributed by atoms with Crippen LogP contribution in [0.25, 0.3) is 0 Å². The lowest BCUT2D eigenvalue weighted by Gasteiger charge is -2.07. The maximum absolute atomic E-state index is 11.4. The van der Waals surface area contributed by atoms with Crippen LogP contribution in [-0.2, 0) is 7.05 Å². The highest BCUT2D eigenvalue weighted by Gasteiger charge is 2.14. The lowest BCUT2D eigenvalue weighted by Crippen LogP contribution is -2.22. The zero-order valence-electron chi connectivity index (χ0n) is 7.40. The minimum absolute atomic E-state index is 0.124. The number of carbonyl (C=O) groups excluding carboxylic acids is 1. The topological polar surface area (TPSA) is 64.2 Å². The molecule has 0 radical (unpaired) electrons. The second-order valence-corrected chi connectivity index (χ2v) is 2.80. The molecule has 5 heteroatoms. The van der Waals surface area contributed by atoms with E-state index < -0.39 is 0 Å². The first-order valence-corrected chi connectivity index (χ1v) is 3.53. The van der Waals surface area contributed by atoms with Crippen LogP contribution in [0.5, 0.6) is 0 Å². The third-order valence-electron chi connectivity index (χ3n) is 1.49. The molecule has 0 bridgehead atoms. The van der Waals surface area contributed by atoms with Crippen LogP contribution in [0.4, 0.5) is 5.82 Å². The molecule has 1 heterocycles. The lowest BCUT2D eigenvalue weighted by molar-refractivity contribution is 0.0828. The van der Waals surface area contributed by atoms with E-state index in [1.807, 2.05) is 0 Å². The number of aromatic nitrogens is 2. The number of rotatable bonds is 1. The molecule has 66 valence electrons. The molecule has 2 N–H and O–H groups in total. The molecule has 1 aromatic heterocycles. The molecule has 1 aromatic rings. The van der Waals surface area contributed by atoms with Crippen LogP contribution in [0, 0.1) is 0 Å². The van der Waals surface area contributed by atoms with Gasteiger partial charge in [0.15, 0.2) is 5.82 Å². The highest BCUT2D eigenvalue weighted by molar-refractivity contribution is 5.97. The minimum atomic E-state index is -0.124. The first-order chi connectivity index (χ1) is 5.52. The number of hydrogen-bond acceptors (Lipinski definition) is 3. The molecular formula is C7H12N4O. The van der Waals surface area contributed by atoms with Crippen molar-refractivity contribution in [2.45, 2.75) is 0 Å². The van der Waals surface area contributed by atoms with E-state index in [0.717, 1.165) is 0 Å². The summed E-state index contributed by atoms with van der Waals surface area (Å²) in [5.41, 5.74) is 5.95. The van der Waals surface area contributed by atoms with E-state index in [1.54, 1.807) is 27.3 Å². The summed E-state index contributed by atoms with van der Waals surface area (Å²) >= 11 is 0. The van der Waals surface area contributed by atoms with E-state index in [9.17, 15) is 4.79 Å². The summed E-state index contributed by atoms with van der Waals surface area (Å²) in [4.78, 5) is 12.8. The average molecular weight is 168 g/mol. The molecule has 0 aliphatic rings. The fraction of sp³-hybridized carbons (Fsp3) is 0.429. The van der Waals surface area contributed by atoms with Crippen molar-refractivity contribution in [2.75, 3.05) is 19.8 Å². The van der Waals surface area contributed by atoms with Crippen LogP contribution in [0.2, 0.25) is 0 Å². The SMILES string of the molecule is CN(C)C(=O)c1cn(C)nc1N. The third kappa shape index (κ3) is 1.39. The Kier molecular flexibility index (Phi) is 2.03. The van der Waals surface area contributed by atoms with E-state index in [-0.39, 0.29) is 11.7 Å². The first kappa shape index (κ1) is 8.58. The fourth-order valence-electron chi connectivity index (χ4n) is 0.911. The van der Waals surface area contributed by atoms with Gasteiger partial charge < -0.3 is 10.6 Å². The van der Waals surface area contributed by atoms with Crippen molar-refractivity contribution in [1.29, 1.82) is 0 Å². The molecule has 0 fully saturated rings. The Labute approximate surface area is 70.8 Å². The molecule has 0 aromatic carbocycles. The van der Waals surface area contributed by atoms with Gasteiger partial charge in [0, 0.05) is 27.3 Å². The van der Waals surface area contributed by atoms with Gasteiger partial charge in [0.25, 0.3) is 5.91 Å². The minimum Gasteiger partial charge on any atom is -0.382 e. The molecular weight excluding hydrogens is 156 g/mol. The highest BCUT2D eigenvalue weighted by Crippen LogP contribution is 2.09. The summed E-state index contributed by atoms with van der Waals surface area (Å²) in [5, 5.41) is 3.86. The fourth-order valence-corrected chi connectivity index (χ4v) is 0.911. The first-order valence-electron chi connectivity index (χ1n) is 3.53. The van der Waals surface area contributed by atoms with Gasteiger partial charge in [-0.3, -0.25) is 9.48 Å². The van der Waals surface area contributed by atoms with Gasteiger partial charge in [-0.05, 0) is 0 Å². The van der Waals surface area contributed by atoms with Crippen LogP contribution in [0.15, 0.2) is 6.20 Å². The standard InChI is InChI=1S/C7H12N4O/c1-10(2)7(12)5-4-11(3)9-6(5)8/h4H,1-3H3,(H2,8,9). The Bertz CT molecular complexity index is 302. The molecule has 0 aliphatic heterocycles. The second-order valence-electron chi connectivity index (χ2n) is 2.80. The number of anilines is 1. The Morgan fingerprint density at radius 3 is 2.58 bits per heavy atom. The summed E-state index contributed by atoms with van der Waals surface area (Å²) in [5.74, 6) is 0.150.